The van der Waals surface area contributed by atoms with Crippen LogP contribution in [0.2, 0.25) is 0 Å². The van der Waals surface area contributed by atoms with Crippen molar-refractivity contribution in [3.8, 4) is 0 Å². The smallest absolute Gasteiger partial charge is 0.307 e. The maximum atomic E-state index is 12.3. The molecule has 0 heterocycles. The number of hydrogen-bond acceptors (Lipinski definition) is 7. The first-order valence-electron chi connectivity index (χ1n) is 9.17. The minimum Gasteiger partial charge on any atom is -0.455 e. The largest absolute Gasteiger partial charge is 0.455 e. The van der Waals surface area contributed by atoms with Crippen LogP contribution >= 0.6 is 15.9 Å². The van der Waals surface area contributed by atoms with Crippen LogP contribution < -0.4 is 16.2 Å². The predicted octanol–water partition coefficient (Wildman–Crippen LogP) is 1.58. The standard InChI is InChI=1S/C20H20BrN3O7S/c1-13(25)22-16-6-8-17(9-7-16)32(29,30)11-10-19(27)31-12-18(26)23-24-20(28)14-2-4-15(21)5-3-14/h2-9H,10-12H2,1H3,(H,22,25)(H,23,26)(H,24,28). The molecule has 3 N–H and O–H groups in total. The summed E-state index contributed by atoms with van der Waals surface area (Å²) in [5.41, 5.74) is 5.01. The van der Waals surface area contributed by atoms with Gasteiger partial charge in [0, 0.05) is 22.6 Å². The zero-order chi connectivity index (χ0) is 23.7. The molecule has 0 aliphatic rings. The van der Waals surface area contributed by atoms with Crippen molar-refractivity contribution < 1.29 is 32.3 Å². The summed E-state index contributed by atoms with van der Waals surface area (Å²) in [4.78, 5) is 46.4. The van der Waals surface area contributed by atoms with E-state index in [0.29, 0.717) is 11.3 Å². The van der Waals surface area contributed by atoms with Gasteiger partial charge in [-0.05, 0) is 48.5 Å². The molecule has 2 aromatic carbocycles. The Balaban J connectivity index is 1.74. The molecule has 0 atom stereocenters. The number of carbonyl (C=O) groups is 4. The number of hydrogen-bond donors (Lipinski definition) is 3. The number of anilines is 1. The number of halogens is 1. The van der Waals surface area contributed by atoms with Crippen molar-refractivity contribution in [3.63, 3.8) is 0 Å². The highest BCUT2D eigenvalue weighted by atomic mass is 79.9. The summed E-state index contributed by atoms with van der Waals surface area (Å²) in [5.74, 6) is -3.06. The number of sulfone groups is 1. The molecule has 10 nitrogen and oxygen atoms in total. The summed E-state index contributed by atoms with van der Waals surface area (Å²) in [7, 11) is -3.77. The summed E-state index contributed by atoms with van der Waals surface area (Å²) >= 11 is 3.24. The van der Waals surface area contributed by atoms with Crippen LogP contribution in [0.4, 0.5) is 5.69 Å². The molecule has 0 fully saturated rings. The number of esters is 1. The summed E-state index contributed by atoms with van der Waals surface area (Å²) in [6.45, 7) is 0.637. The second-order valence-corrected chi connectivity index (χ2v) is 9.47. The highest BCUT2D eigenvalue weighted by molar-refractivity contribution is 9.10. The molecule has 0 aromatic heterocycles. The fourth-order valence-electron chi connectivity index (χ4n) is 2.34. The summed E-state index contributed by atoms with van der Waals surface area (Å²) in [6.07, 6.45) is -0.464. The highest BCUT2D eigenvalue weighted by Gasteiger charge is 2.18. The fourth-order valence-corrected chi connectivity index (χ4v) is 3.82. The molecule has 0 aliphatic heterocycles. The van der Waals surface area contributed by atoms with Gasteiger partial charge < -0.3 is 10.1 Å². The van der Waals surface area contributed by atoms with Crippen molar-refractivity contribution in [2.24, 2.45) is 0 Å². The molecule has 0 aliphatic carbocycles. The minimum atomic E-state index is -3.77. The van der Waals surface area contributed by atoms with Gasteiger partial charge in [0.05, 0.1) is 17.1 Å². The number of rotatable bonds is 8. The van der Waals surface area contributed by atoms with Crippen LogP contribution in [0.3, 0.4) is 0 Å². The second-order valence-electron chi connectivity index (χ2n) is 6.44. The summed E-state index contributed by atoms with van der Waals surface area (Å²) < 4.78 is 30.2. The van der Waals surface area contributed by atoms with E-state index in [0.717, 1.165) is 4.47 Å². The molecular formula is C20H20BrN3O7S. The number of hydrazine groups is 1. The third-order valence-electron chi connectivity index (χ3n) is 3.89. The Morgan fingerprint density at radius 3 is 2.16 bits per heavy atom. The third-order valence-corrected chi connectivity index (χ3v) is 6.16. The molecule has 12 heteroatoms. The number of ether oxygens (including phenoxy) is 1. The Kier molecular flexibility index (Phi) is 8.91. The number of carbonyl (C=O) groups excluding carboxylic acids is 4. The lowest BCUT2D eigenvalue weighted by Crippen LogP contribution is -2.43. The molecule has 0 unspecified atom stereocenters. The van der Waals surface area contributed by atoms with Gasteiger partial charge in [0.2, 0.25) is 5.91 Å². The van der Waals surface area contributed by atoms with Crippen molar-refractivity contribution in [3.05, 3.63) is 58.6 Å². The molecule has 0 saturated heterocycles. The maximum absolute atomic E-state index is 12.3. The van der Waals surface area contributed by atoms with E-state index in [1.165, 1.54) is 31.2 Å². The number of benzene rings is 2. The Bertz CT molecular complexity index is 1100. The summed E-state index contributed by atoms with van der Waals surface area (Å²) in [5, 5.41) is 2.52. The van der Waals surface area contributed by atoms with Crippen molar-refractivity contribution in [1.82, 2.24) is 10.9 Å². The van der Waals surface area contributed by atoms with E-state index in [-0.39, 0.29) is 10.8 Å². The average molecular weight is 526 g/mol. The Labute approximate surface area is 192 Å². The van der Waals surface area contributed by atoms with Crippen LogP contribution in [0.15, 0.2) is 57.9 Å². The SMILES string of the molecule is CC(=O)Nc1ccc(S(=O)(=O)CCC(=O)OCC(=O)NNC(=O)c2ccc(Br)cc2)cc1. The van der Waals surface area contributed by atoms with Gasteiger partial charge in [0.15, 0.2) is 16.4 Å². The van der Waals surface area contributed by atoms with E-state index >= 15 is 0 Å². The molecule has 3 amide bonds. The lowest BCUT2D eigenvalue weighted by atomic mass is 10.2. The maximum Gasteiger partial charge on any atom is 0.307 e. The highest BCUT2D eigenvalue weighted by Crippen LogP contribution is 2.16. The van der Waals surface area contributed by atoms with E-state index in [1.807, 2.05) is 0 Å². The van der Waals surface area contributed by atoms with Gasteiger partial charge in [0.25, 0.3) is 11.8 Å². The zero-order valence-corrected chi connectivity index (χ0v) is 19.3. The Morgan fingerprint density at radius 1 is 0.938 bits per heavy atom. The van der Waals surface area contributed by atoms with Crippen LogP contribution in [-0.2, 0) is 29.0 Å². The lowest BCUT2D eigenvalue weighted by molar-refractivity contribution is -0.148. The quantitative estimate of drug-likeness (QED) is 0.350. The van der Waals surface area contributed by atoms with E-state index in [1.54, 1.807) is 24.3 Å². The van der Waals surface area contributed by atoms with Gasteiger partial charge in [-0.15, -0.1) is 0 Å². The first kappa shape index (κ1) is 25.0. The van der Waals surface area contributed by atoms with Gasteiger partial charge in [0.1, 0.15) is 0 Å². The van der Waals surface area contributed by atoms with Gasteiger partial charge in [-0.25, -0.2) is 8.42 Å². The monoisotopic (exact) mass is 525 g/mol. The number of nitrogens with one attached hydrogen (secondary N) is 3. The predicted molar refractivity (Wildman–Crippen MR) is 118 cm³/mol. The van der Waals surface area contributed by atoms with Gasteiger partial charge in [-0.1, -0.05) is 15.9 Å². The van der Waals surface area contributed by atoms with Crippen molar-refractivity contribution in [1.29, 1.82) is 0 Å². The molecule has 170 valence electrons. The van der Waals surface area contributed by atoms with E-state index in [9.17, 15) is 27.6 Å². The molecule has 0 bridgehead atoms. The summed E-state index contributed by atoms with van der Waals surface area (Å²) in [6, 6.07) is 11.9. The Morgan fingerprint density at radius 2 is 1.56 bits per heavy atom. The lowest BCUT2D eigenvalue weighted by Gasteiger charge is -2.09. The molecule has 0 spiro atoms. The van der Waals surface area contributed by atoms with E-state index < -0.39 is 46.4 Å². The van der Waals surface area contributed by atoms with Crippen LogP contribution in [0.5, 0.6) is 0 Å². The van der Waals surface area contributed by atoms with E-state index in [2.05, 4.69) is 32.1 Å². The minimum absolute atomic E-state index is 0.0206. The molecule has 2 rings (SSSR count). The molecule has 0 radical (unpaired) electrons. The molecule has 2 aromatic rings. The van der Waals surface area contributed by atoms with Gasteiger partial charge >= 0.3 is 5.97 Å². The normalized spacial score (nSPS) is 10.7. The molecule has 32 heavy (non-hydrogen) atoms. The number of amides is 3. The second kappa shape index (κ2) is 11.4. The van der Waals surface area contributed by atoms with Crippen molar-refractivity contribution in [2.75, 3.05) is 17.7 Å². The first-order chi connectivity index (χ1) is 15.1. The first-order valence-corrected chi connectivity index (χ1v) is 11.6. The van der Waals surface area contributed by atoms with Gasteiger partial charge in [-0.2, -0.15) is 0 Å². The zero-order valence-electron chi connectivity index (χ0n) is 16.9. The topological polar surface area (TPSA) is 148 Å². The third kappa shape index (κ3) is 8.12. The van der Waals surface area contributed by atoms with Crippen LogP contribution in [0.1, 0.15) is 23.7 Å². The van der Waals surface area contributed by atoms with Crippen LogP contribution in [0, 0.1) is 0 Å². The van der Waals surface area contributed by atoms with Crippen LogP contribution in [0.25, 0.3) is 0 Å². The Hall–Kier alpha value is -3.25. The van der Waals surface area contributed by atoms with Gasteiger partial charge in [-0.3, -0.25) is 30.0 Å². The molecule has 0 saturated carbocycles. The van der Waals surface area contributed by atoms with Crippen molar-refractivity contribution >= 4 is 55.1 Å². The van der Waals surface area contributed by atoms with Crippen LogP contribution in [-0.4, -0.2) is 44.5 Å². The average Bonchev–Trinajstić information content (AvgIpc) is 2.75. The van der Waals surface area contributed by atoms with Crippen molar-refractivity contribution in [2.45, 2.75) is 18.2 Å². The molecular weight excluding hydrogens is 506 g/mol. The fraction of sp³-hybridized carbons (Fsp3) is 0.200. The van der Waals surface area contributed by atoms with E-state index in [4.69, 9.17) is 4.74 Å².